The van der Waals surface area contributed by atoms with Gasteiger partial charge in [0.2, 0.25) is 0 Å². The molecule has 0 spiro atoms. The van der Waals surface area contributed by atoms with Crippen molar-refractivity contribution in [3.8, 4) is 0 Å². The zero-order valence-electron chi connectivity index (χ0n) is 16.8. The van der Waals surface area contributed by atoms with E-state index in [0.717, 1.165) is 29.6 Å². The van der Waals surface area contributed by atoms with Gasteiger partial charge in [-0.05, 0) is 50.2 Å². The molecular weight excluding hydrogens is 386 g/mol. The normalized spacial score (nSPS) is 31.6. The van der Waals surface area contributed by atoms with Crippen LogP contribution in [0, 0.1) is 11.8 Å². The monoisotopic (exact) mass is 415 g/mol. The predicted molar refractivity (Wildman–Crippen MR) is 113 cm³/mol. The zero-order valence-corrected chi connectivity index (χ0v) is 17.6. The molecule has 3 aliphatic rings. The van der Waals surface area contributed by atoms with Crippen molar-refractivity contribution in [1.82, 2.24) is 16.0 Å². The molecule has 0 radical (unpaired) electrons. The highest BCUT2D eigenvalue weighted by atomic mass is 32.2. The largest absolute Gasteiger partial charge is 0.349 e. The van der Waals surface area contributed by atoms with E-state index < -0.39 is 11.6 Å². The fourth-order valence-corrected chi connectivity index (χ4v) is 6.09. The SMILES string of the molecule is C[C@]1(CSc2ccccc2C(=O)N[C@@H]2CC[C@H]3CCCC[C@H]3C2)NC(=O)NC1=O. The molecular formula is C22H29N3O3S. The Balaban J connectivity index is 1.39. The highest BCUT2D eigenvalue weighted by molar-refractivity contribution is 7.99. The topological polar surface area (TPSA) is 87.3 Å². The number of amides is 4. The molecule has 1 saturated heterocycles. The molecule has 1 aromatic carbocycles. The number of benzene rings is 1. The van der Waals surface area contributed by atoms with Crippen LogP contribution in [0.25, 0.3) is 0 Å². The van der Waals surface area contributed by atoms with E-state index in [2.05, 4.69) is 16.0 Å². The van der Waals surface area contributed by atoms with Crippen LogP contribution < -0.4 is 16.0 Å². The van der Waals surface area contributed by atoms with Gasteiger partial charge in [0.05, 0.1) is 5.56 Å². The van der Waals surface area contributed by atoms with Crippen molar-refractivity contribution in [3.05, 3.63) is 29.8 Å². The van der Waals surface area contributed by atoms with Gasteiger partial charge >= 0.3 is 6.03 Å². The molecule has 4 rings (SSSR count). The van der Waals surface area contributed by atoms with Gasteiger partial charge in [0.15, 0.2) is 0 Å². The van der Waals surface area contributed by atoms with Crippen molar-refractivity contribution in [2.45, 2.75) is 68.3 Å². The van der Waals surface area contributed by atoms with Crippen LogP contribution in [0.15, 0.2) is 29.2 Å². The first-order valence-electron chi connectivity index (χ1n) is 10.6. The van der Waals surface area contributed by atoms with E-state index in [0.29, 0.717) is 11.3 Å². The number of rotatable bonds is 5. The molecule has 0 bridgehead atoms. The summed E-state index contributed by atoms with van der Waals surface area (Å²) in [4.78, 5) is 37.3. The molecule has 0 unspecified atom stereocenters. The van der Waals surface area contributed by atoms with Gasteiger partial charge in [0, 0.05) is 16.7 Å². The summed E-state index contributed by atoms with van der Waals surface area (Å²) >= 11 is 1.42. The van der Waals surface area contributed by atoms with Gasteiger partial charge in [-0.2, -0.15) is 0 Å². The molecule has 1 aromatic rings. The summed E-state index contributed by atoms with van der Waals surface area (Å²) in [6.07, 6.45) is 8.72. The Morgan fingerprint density at radius 3 is 2.66 bits per heavy atom. The van der Waals surface area contributed by atoms with Gasteiger partial charge in [-0.3, -0.25) is 14.9 Å². The second-order valence-electron chi connectivity index (χ2n) is 8.81. The molecule has 1 aliphatic heterocycles. The molecule has 0 aromatic heterocycles. The van der Waals surface area contributed by atoms with E-state index in [1.54, 1.807) is 6.92 Å². The number of thioether (sulfide) groups is 1. The van der Waals surface area contributed by atoms with Crippen molar-refractivity contribution in [2.75, 3.05) is 5.75 Å². The van der Waals surface area contributed by atoms with Crippen LogP contribution in [0.4, 0.5) is 4.79 Å². The third kappa shape index (κ3) is 4.44. The van der Waals surface area contributed by atoms with E-state index in [-0.39, 0.29) is 17.9 Å². The van der Waals surface area contributed by atoms with Gasteiger partial charge in [0.25, 0.3) is 11.8 Å². The Labute approximate surface area is 176 Å². The van der Waals surface area contributed by atoms with Crippen LogP contribution in [-0.4, -0.2) is 35.2 Å². The number of hydrogen-bond donors (Lipinski definition) is 3. The molecule has 29 heavy (non-hydrogen) atoms. The van der Waals surface area contributed by atoms with E-state index in [1.807, 2.05) is 24.3 Å². The maximum Gasteiger partial charge on any atom is 0.322 e. The molecule has 6 nitrogen and oxygen atoms in total. The fourth-order valence-electron chi connectivity index (χ4n) is 4.95. The summed E-state index contributed by atoms with van der Waals surface area (Å²) < 4.78 is 0. The molecule has 156 valence electrons. The van der Waals surface area contributed by atoms with Crippen molar-refractivity contribution in [1.29, 1.82) is 0 Å². The van der Waals surface area contributed by atoms with E-state index in [1.165, 1.54) is 43.9 Å². The van der Waals surface area contributed by atoms with Crippen molar-refractivity contribution in [3.63, 3.8) is 0 Å². The molecule has 4 amide bonds. The van der Waals surface area contributed by atoms with E-state index in [9.17, 15) is 14.4 Å². The lowest BCUT2D eigenvalue weighted by atomic mass is 9.69. The maximum atomic E-state index is 13.0. The first kappa shape index (κ1) is 20.3. The lowest BCUT2D eigenvalue weighted by Crippen LogP contribution is -2.46. The van der Waals surface area contributed by atoms with Crippen molar-refractivity contribution < 1.29 is 14.4 Å². The minimum absolute atomic E-state index is 0.0441. The highest BCUT2D eigenvalue weighted by Crippen LogP contribution is 2.40. The van der Waals surface area contributed by atoms with Gasteiger partial charge in [-0.15, -0.1) is 11.8 Å². The fraction of sp³-hybridized carbons (Fsp3) is 0.591. The lowest BCUT2D eigenvalue weighted by molar-refractivity contribution is -0.122. The van der Waals surface area contributed by atoms with Crippen LogP contribution in [-0.2, 0) is 4.79 Å². The molecule has 4 atom stereocenters. The third-order valence-electron chi connectivity index (χ3n) is 6.64. The number of imide groups is 1. The zero-order chi connectivity index (χ0) is 20.4. The average molecular weight is 416 g/mol. The van der Waals surface area contributed by atoms with E-state index in [4.69, 9.17) is 0 Å². The second kappa shape index (κ2) is 8.38. The lowest BCUT2D eigenvalue weighted by Gasteiger charge is -2.39. The standard InChI is InChI=1S/C22H29N3O3S/c1-22(20(27)24-21(28)25-22)13-29-18-9-5-4-8-17(18)19(26)23-16-11-10-14-6-2-3-7-15(14)12-16/h4-5,8-9,14-16H,2-3,6-7,10-13H2,1H3,(H,23,26)(H2,24,25,27,28)/t14-,15+,16-,22-/m1/s1. The molecule has 3 N–H and O–H groups in total. The van der Waals surface area contributed by atoms with Crippen molar-refractivity contribution >= 4 is 29.6 Å². The Kier molecular flexibility index (Phi) is 5.86. The van der Waals surface area contributed by atoms with Gasteiger partial charge in [0.1, 0.15) is 5.54 Å². The first-order valence-corrected chi connectivity index (χ1v) is 11.6. The highest BCUT2D eigenvalue weighted by Gasteiger charge is 2.42. The number of nitrogens with one attached hydrogen (secondary N) is 3. The smallest absolute Gasteiger partial charge is 0.322 e. The Morgan fingerprint density at radius 2 is 1.90 bits per heavy atom. The summed E-state index contributed by atoms with van der Waals surface area (Å²) in [6, 6.07) is 7.26. The van der Waals surface area contributed by atoms with Crippen LogP contribution in [0.2, 0.25) is 0 Å². The number of carbonyl (C=O) groups excluding carboxylic acids is 3. The van der Waals surface area contributed by atoms with Crippen LogP contribution in [0.5, 0.6) is 0 Å². The molecule has 2 saturated carbocycles. The molecule has 7 heteroatoms. The van der Waals surface area contributed by atoms with Crippen molar-refractivity contribution in [2.24, 2.45) is 11.8 Å². The first-order chi connectivity index (χ1) is 13.9. The van der Waals surface area contributed by atoms with Gasteiger partial charge < -0.3 is 10.6 Å². The molecule has 1 heterocycles. The number of carbonyl (C=O) groups is 3. The minimum atomic E-state index is -0.968. The number of urea groups is 1. The summed E-state index contributed by atoms with van der Waals surface area (Å²) in [6.45, 7) is 1.70. The third-order valence-corrected chi connectivity index (χ3v) is 8.03. The van der Waals surface area contributed by atoms with Crippen LogP contribution >= 0.6 is 11.8 Å². The summed E-state index contributed by atoms with van der Waals surface area (Å²) in [5.41, 5.74) is -0.332. The van der Waals surface area contributed by atoms with E-state index >= 15 is 0 Å². The Hall–Kier alpha value is -2.02. The summed E-state index contributed by atoms with van der Waals surface area (Å²) in [5, 5.41) is 8.21. The molecule has 3 fully saturated rings. The van der Waals surface area contributed by atoms with Gasteiger partial charge in [-0.1, -0.05) is 37.8 Å². The van der Waals surface area contributed by atoms with Crippen LogP contribution in [0.1, 0.15) is 62.2 Å². The number of fused-ring (bicyclic) bond motifs is 1. The maximum absolute atomic E-state index is 13.0. The quantitative estimate of drug-likeness (QED) is 0.508. The summed E-state index contributed by atoms with van der Waals surface area (Å²) in [5.74, 6) is 1.60. The van der Waals surface area contributed by atoms with Crippen LogP contribution in [0.3, 0.4) is 0 Å². The minimum Gasteiger partial charge on any atom is -0.349 e. The molecule has 2 aliphatic carbocycles. The van der Waals surface area contributed by atoms with Gasteiger partial charge in [-0.25, -0.2) is 4.79 Å². The average Bonchev–Trinajstić information content (AvgIpc) is 2.98. The Bertz CT molecular complexity index is 814. The summed E-state index contributed by atoms with van der Waals surface area (Å²) in [7, 11) is 0. The Morgan fingerprint density at radius 1 is 1.14 bits per heavy atom. The number of hydrogen-bond acceptors (Lipinski definition) is 4. The second-order valence-corrected chi connectivity index (χ2v) is 9.83. The predicted octanol–water partition coefficient (Wildman–Crippen LogP) is 3.47.